The summed E-state index contributed by atoms with van der Waals surface area (Å²) in [5.74, 6) is 2.03. The van der Waals surface area contributed by atoms with Crippen LogP contribution >= 0.6 is 0 Å². The molecule has 3 aliphatic heterocycles. The topological polar surface area (TPSA) is 50.3 Å². The lowest BCUT2D eigenvalue weighted by Gasteiger charge is -2.43. The molecule has 0 spiro atoms. The third kappa shape index (κ3) is 5.68. The van der Waals surface area contributed by atoms with E-state index in [2.05, 4.69) is 36.6 Å². The smallest absolute Gasteiger partial charge is 0.253 e. The fraction of sp³-hybridized carbons (Fsp3) is 0.733. The second-order valence-corrected chi connectivity index (χ2v) is 12.2. The number of piperidine rings is 1. The minimum atomic E-state index is 0.201. The summed E-state index contributed by atoms with van der Waals surface area (Å²) in [4.78, 5) is 37.8. The average molecular weight is 508 g/mol. The number of amides is 2. The Kier molecular flexibility index (Phi) is 7.70. The molecule has 2 aliphatic carbocycles. The maximum atomic E-state index is 13.4. The molecule has 6 rings (SSSR count). The summed E-state index contributed by atoms with van der Waals surface area (Å²) in [6, 6.07) is 9.03. The lowest BCUT2D eigenvalue weighted by Crippen LogP contribution is -2.56. The van der Waals surface area contributed by atoms with Crippen LogP contribution in [0.3, 0.4) is 0 Å². The van der Waals surface area contributed by atoms with Crippen molar-refractivity contribution in [3.05, 3.63) is 29.8 Å². The van der Waals surface area contributed by atoms with Crippen molar-refractivity contribution in [2.24, 2.45) is 11.8 Å². The van der Waals surface area contributed by atoms with Crippen LogP contribution < -0.4 is 4.90 Å². The van der Waals surface area contributed by atoms with Gasteiger partial charge in [-0.3, -0.25) is 19.4 Å². The van der Waals surface area contributed by atoms with Gasteiger partial charge in [-0.1, -0.05) is 31.7 Å². The number of hydrogen-bond acceptors (Lipinski definition) is 5. The van der Waals surface area contributed by atoms with Crippen LogP contribution in [0.4, 0.5) is 5.69 Å². The molecule has 0 bridgehead atoms. The highest BCUT2D eigenvalue weighted by atomic mass is 16.2. The number of carbonyl (C=O) groups is 2. The van der Waals surface area contributed by atoms with E-state index in [0.717, 1.165) is 88.7 Å². The molecule has 0 N–H and O–H groups in total. The summed E-state index contributed by atoms with van der Waals surface area (Å²) < 4.78 is 0. The molecule has 2 saturated carbocycles. The molecule has 3 heterocycles. The number of carbonyl (C=O) groups excluding carboxylic acids is 2. The van der Waals surface area contributed by atoms with Gasteiger partial charge in [-0.2, -0.15) is 0 Å². The van der Waals surface area contributed by atoms with E-state index in [-0.39, 0.29) is 11.8 Å². The Morgan fingerprint density at radius 3 is 2.22 bits per heavy atom. The van der Waals surface area contributed by atoms with Gasteiger partial charge in [-0.05, 0) is 55.7 Å². The van der Waals surface area contributed by atoms with Crippen LogP contribution in [0.25, 0.3) is 0 Å². The van der Waals surface area contributed by atoms with Gasteiger partial charge in [-0.15, -0.1) is 0 Å². The highest BCUT2D eigenvalue weighted by Crippen LogP contribution is 2.36. The van der Waals surface area contributed by atoms with Gasteiger partial charge in [0.15, 0.2) is 0 Å². The zero-order valence-electron chi connectivity index (χ0n) is 22.5. The molecule has 0 unspecified atom stereocenters. The normalized spacial score (nSPS) is 28.1. The summed E-state index contributed by atoms with van der Waals surface area (Å²) in [6.07, 6.45) is 10.6. The molecule has 2 atom stereocenters. The molecule has 0 radical (unpaired) electrons. The van der Waals surface area contributed by atoms with Crippen molar-refractivity contribution in [1.29, 1.82) is 0 Å². The van der Waals surface area contributed by atoms with E-state index >= 15 is 0 Å². The molecule has 3 saturated heterocycles. The van der Waals surface area contributed by atoms with E-state index in [9.17, 15) is 9.59 Å². The fourth-order valence-electron chi connectivity index (χ4n) is 7.35. The van der Waals surface area contributed by atoms with Crippen molar-refractivity contribution in [2.75, 3.05) is 76.9 Å². The number of nitrogens with zero attached hydrogens (tertiary/aromatic N) is 5. The lowest BCUT2D eigenvalue weighted by molar-refractivity contribution is -0.134. The van der Waals surface area contributed by atoms with Crippen molar-refractivity contribution in [3.63, 3.8) is 0 Å². The Balaban J connectivity index is 0.976. The van der Waals surface area contributed by atoms with E-state index in [1.54, 1.807) is 0 Å². The maximum absolute atomic E-state index is 13.4. The number of likely N-dealkylation sites (tertiary alicyclic amines) is 1. The standard InChI is InChI=1S/C30H45N5O2/c36-29(34-19-17-32(18-20-34)27-8-4-9-27)23-31-13-15-33(16-14-31)28-10-3-7-25(21-28)30(37)35-12-11-24-5-1-2-6-26(24)22-35/h3,7,10,21,24,26-27H,1-2,4-6,8-9,11-20,22-23H2/t24-,26+/m0/s1. The quantitative estimate of drug-likeness (QED) is 0.613. The van der Waals surface area contributed by atoms with E-state index < -0.39 is 0 Å². The molecule has 5 fully saturated rings. The minimum Gasteiger partial charge on any atom is -0.369 e. The first-order valence-electron chi connectivity index (χ1n) is 15.0. The summed E-state index contributed by atoms with van der Waals surface area (Å²) in [6.45, 7) is 9.80. The molecule has 0 aromatic heterocycles. The molecule has 7 heteroatoms. The number of piperazine rings is 2. The van der Waals surface area contributed by atoms with E-state index in [1.165, 1.54) is 51.4 Å². The predicted molar refractivity (Wildman–Crippen MR) is 147 cm³/mol. The fourth-order valence-corrected chi connectivity index (χ4v) is 7.35. The van der Waals surface area contributed by atoms with Gasteiger partial charge >= 0.3 is 0 Å². The van der Waals surface area contributed by atoms with Gasteiger partial charge in [0.1, 0.15) is 0 Å². The maximum Gasteiger partial charge on any atom is 0.253 e. The van der Waals surface area contributed by atoms with Crippen molar-refractivity contribution in [2.45, 2.75) is 57.4 Å². The van der Waals surface area contributed by atoms with Gasteiger partial charge in [-0.25, -0.2) is 0 Å². The van der Waals surface area contributed by atoms with Crippen molar-refractivity contribution in [3.8, 4) is 0 Å². The van der Waals surface area contributed by atoms with Crippen LogP contribution in [0.2, 0.25) is 0 Å². The summed E-state index contributed by atoms with van der Waals surface area (Å²) in [5, 5.41) is 0. The number of fused-ring (bicyclic) bond motifs is 1. The van der Waals surface area contributed by atoms with Crippen LogP contribution in [-0.2, 0) is 4.79 Å². The summed E-state index contributed by atoms with van der Waals surface area (Å²) in [7, 11) is 0. The third-order valence-corrected chi connectivity index (χ3v) is 10.0. The first kappa shape index (κ1) is 25.2. The third-order valence-electron chi connectivity index (χ3n) is 10.0. The molecule has 2 amide bonds. The highest BCUT2D eigenvalue weighted by molar-refractivity contribution is 5.95. The Hall–Kier alpha value is -2.12. The van der Waals surface area contributed by atoms with Gasteiger partial charge in [0.05, 0.1) is 6.54 Å². The average Bonchev–Trinajstić information content (AvgIpc) is 2.92. The molecular weight excluding hydrogens is 462 g/mol. The van der Waals surface area contributed by atoms with Gasteiger partial charge in [0.2, 0.25) is 5.91 Å². The van der Waals surface area contributed by atoms with Crippen LogP contribution in [0, 0.1) is 11.8 Å². The van der Waals surface area contributed by atoms with Crippen molar-refractivity contribution >= 4 is 17.5 Å². The minimum absolute atomic E-state index is 0.201. The van der Waals surface area contributed by atoms with E-state index in [1.807, 2.05) is 12.1 Å². The van der Waals surface area contributed by atoms with E-state index in [4.69, 9.17) is 0 Å². The number of rotatable bonds is 5. The Bertz CT molecular complexity index is 949. The molecule has 5 aliphatic rings. The SMILES string of the molecule is O=C(CN1CCN(c2cccc(C(=O)N3CC[C@@H]4CCCC[C@@H]4C3)c2)CC1)N1CCN(C2CCC2)CC1. The predicted octanol–water partition coefficient (Wildman–Crippen LogP) is 3.16. The Morgan fingerprint density at radius 2 is 1.49 bits per heavy atom. The van der Waals surface area contributed by atoms with Crippen molar-refractivity contribution < 1.29 is 9.59 Å². The van der Waals surface area contributed by atoms with Crippen LogP contribution in [0.5, 0.6) is 0 Å². The molecule has 37 heavy (non-hydrogen) atoms. The second kappa shape index (κ2) is 11.3. The van der Waals surface area contributed by atoms with Gasteiger partial charge < -0.3 is 14.7 Å². The van der Waals surface area contributed by atoms with Crippen LogP contribution in [0.1, 0.15) is 61.7 Å². The monoisotopic (exact) mass is 507 g/mol. The summed E-state index contributed by atoms with van der Waals surface area (Å²) in [5.41, 5.74) is 1.96. The highest BCUT2D eigenvalue weighted by Gasteiger charge is 2.34. The first-order valence-corrected chi connectivity index (χ1v) is 15.0. The second-order valence-electron chi connectivity index (χ2n) is 12.2. The Morgan fingerprint density at radius 1 is 0.730 bits per heavy atom. The largest absolute Gasteiger partial charge is 0.369 e. The van der Waals surface area contributed by atoms with E-state index in [0.29, 0.717) is 12.5 Å². The number of benzene rings is 1. The van der Waals surface area contributed by atoms with Crippen LogP contribution in [0.15, 0.2) is 24.3 Å². The summed E-state index contributed by atoms with van der Waals surface area (Å²) >= 11 is 0. The van der Waals surface area contributed by atoms with Gasteiger partial charge in [0.25, 0.3) is 5.91 Å². The Labute approximate surface area is 222 Å². The number of hydrogen-bond donors (Lipinski definition) is 0. The molecule has 7 nitrogen and oxygen atoms in total. The first-order chi connectivity index (χ1) is 18.1. The number of anilines is 1. The zero-order valence-corrected chi connectivity index (χ0v) is 22.5. The van der Waals surface area contributed by atoms with Gasteiger partial charge in [0, 0.05) is 82.7 Å². The molecule has 202 valence electrons. The molecule has 1 aromatic carbocycles. The molecular formula is C30H45N5O2. The van der Waals surface area contributed by atoms with Crippen LogP contribution in [-0.4, -0.2) is 109 Å². The molecule has 1 aromatic rings. The zero-order chi connectivity index (χ0) is 25.2. The lowest BCUT2D eigenvalue weighted by atomic mass is 9.75. The van der Waals surface area contributed by atoms with Crippen molar-refractivity contribution in [1.82, 2.24) is 19.6 Å².